The van der Waals surface area contributed by atoms with Crippen molar-refractivity contribution in [3.05, 3.63) is 40.4 Å². The second-order valence-corrected chi connectivity index (χ2v) is 11.0. The molecule has 176 valence electrons. The van der Waals surface area contributed by atoms with Gasteiger partial charge in [0.25, 0.3) is 10.0 Å². The minimum absolute atomic E-state index is 0.0115. The van der Waals surface area contributed by atoms with Crippen molar-refractivity contribution < 1.29 is 27.9 Å². The van der Waals surface area contributed by atoms with E-state index in [1.807, 2.05) is 0 Å². The average Bonchev–Trinajstić information content (AvgIpc) is 3.19. The summed E-state index contributed by atoms with van der Waals surface area (Å²) in [7, 11) is -3.85. The van der Waals surface area contributed by atoms with Crippen molar-refractivity contribution in [2.24, 2.45) is 0 Å². The van der Waals surface area contributed by atoms with E-state index < -0.39 is 27.7 Å². The fraction of sp³-hybridized carbons (Fsp3) is 0.476. The number of carbonyl (C=O) groups excluding carboxylic acids is 1. The highest BCUT2D eigenvalue weighted by molar-refractivity contribution is 7.93. The van der Waals surface area contributed by atoms with Gasteiger partial charge in [0, 0.05) is 0 Å². The minimum Gasteiger partial charge on any atom is -0.481 e. The van der Waals surface area contributed by atoms with Crippen molar-refractivity contribution >= 4 is 38.6 Å². The molecule has 9 nitrogen and oxygen atoms in total. The third-order valence-corrected chi connectivity index (χ3v) is 6.40. The summed E-state index contributed by atoms with van der Waals surface area (Å²) in [5.74, 6) is -0.989. The molecule has 1 amide bonds. The Kier molecular flexibility index (Phi) is 8.24. The number of anilines is 1. The van der Waals surface area contributed by atoms with Gasteiger partial charge in [0.15, 0.2) is 5.13 Å². The fourth-order valence-corrected chi connectivity index (χ4v) is 4.90. The molecule has 0 aliphatic carbocycles. The van der Waals surface area contributed by atoms with Gasteiger partial charge in [-0.2, -0.15) is 0 Å². The van der Waals surface area contributed by atoms with Crippen LogP contribution in [0.3, 0.4) is 0 Å². The van der Waals surface area contributed by atoms with Gasteiger partial charge in [0.05, 0.1) is 35.0 Å². The van der Waals surface area contributed by atoms with Crippen molar-refractivity contribution in [2.45, 2.75) is 71.0 Å². The number of amides is 1. The molecule has 3 rings (SSSR count). The smallest absolute Gasteiger partial charge is 0.410 e. The third kappa shape index (κ3) is 7.20. The molecule has 2 aromatic rings. The van der Waals surface area contributed by atoms with Crippen LogP contribution in [0.1, 0.15) is 57.2 Å². The molecule has 1 aromatic heterocycles. The van der Waals surface area contributed by atoms with E-state index in [1.165, 1.54) is 46.9 Å². The van der Waals surface area contributed by atoms with E-state index in [4.69, 9.17) is 9.84 Å². The summed E-state index contributed by atoms with van der Waals surface area (Å²) in [5.41, 5.74) is 0.545. The maximum Gasteiger partial charge on any atom is 0.410 e. The molecule has 0 radical (unpaired) electrons. The third-order valence-electron chi connectivity index (χ3n) is 3.92. The Morgan fingerprint density at radius 2 is 1.78 bits per heavy atom. The van der Waals surface area contributed by atoms with Crippen LogP contribution in [0.4, 0.5) is 9.93 Å². The van der Waals surface area contributed by atoms with Crippen LogP contribution in [0.2, 0.25) is 0 Å². The lowest BCUT2D eigenvalue weighted by molar-refractivity contribution is -0.136. The summed E-state index contributed by atoms with van der Waals surface area (Å²) >= 11 is 1.17. The minimum atomic E-state index is -3.85. The lowest BCUT2D eigenvalue weighted by atomic mass is 10.2. The van der Waals surface area contributed by atoms with Gasteiger partial charge in [-0.1, -0.05) is 43.7 Å². The van der Waals surface area contributed by atoms with Crippen molar-refractivity contribution in [3.8, 4) is 0 Å². The summed E-state index contributed by atoms with van der Waals surface area (Å²) in [5, 5.41) is 9.00. The van der Waals surface area contributed by atoms with Crippen LogP contribution in [0, 0.1) is 0 Å². The standard InChI is InChI=1S/C18H21N3O6S2.C3H8/c1-18(2,3)27-17(24)21-9-13-14(10-21)28-16(19-13)20-29(25,26)12-6-4-11(5-7-12)8-15(22)23;1-3-2/h4-7H,8-10H2,1-3H3,(H,19,20)(H,22,23);3H2,1-2H3. The molecule has 11 heteroatoms. The van der Waals surface area contributed by atoms with Crippen LogP contribution in [-0.4, -0.2) is 41.1 Å². The average molecular weight is 484 g/mol. The zero-order valence-corrected chi connectivity index (χ0v) is 20.5. The first-order chi connectivity index (χ1) is 14.8. The molecule has 0 bridgehead atoms. The second kappa shape index (κ2) is 10.3. The number of thiazole rings is 1. The van der Waals surface area contributed by atoms with E-state index in [0.717, 1.165) is 4.88 Å². The summed E-state index contributed by atoms with van der Waals surface area (Å²) in [6.45, 7) is 10.2. The Balaban J connectivity index is 0.00000114. The van der Waals surface area contributed by atoms with E-state index in [-0.39, 0.29) is 23.0 Å². The highest BCUT2D eigenvalue weighted by atomic mass is 32.2. The number of hydrogen-bond donors (Lipinski definition) is 2. The number of fused-ring (bicyclic) bond motifs is 1. The van der Waals surface area contributed by atoms with Crippen molar-refractivity contribution in [1.29, 1.82) is 0 Å². The summed E-state index contributed by atoms with van der Waals surface area (Å²) < 4.78 is 32.9. The first-order valence-electron chi connectivity index (χ1n) is 10.1. The van der Waals surface area contributed by atoms with E-state index >= 15 is 0 Å². The molecule has 0 atom stereocenters. The number of sulfonamides is 1. The zero-order chi connectivity index (χ0) is 24.1. The quantitative estimate of drug-likeness (QED) is 0.651. The van der Waals surface area contributed by atoms with E-state index in [1.54, 1.807) is 20.8 Å². The lowest BCUT2D eigenvalue weighted by Gasteiger charge is -2.24. The van der Waals surface area contributed by atoms with Crippen LogP contribution in [0.15, 0.2) is 29.2 Å². The maximum absolute atomic E-state index is 12.5. The number of ether oxygens (including phenoxy) is 1. The van der Waals surface area contributed by atoms with Gasteiger partial charge in [-0.25, -0.2) is 18.2 Å². The van der Waals surface area contributed by atoms with Gasteiger partial charge in [-0.3, -0.25) is 14.4 Å². The Hall–Kier alpha value is -2.66. The molecular formula is C21H29N3O6S2. The first kappa shape index (κ1) is 25.6. The molecule has 0 saturated carbocycles. The highest BCUT2D eigenvalue weighted by Crippen LogP contribution is 2.32. The number of carboxylic acid groups (broad SMARTS) is 1. The van der Waals surface area contributed by atoms with E-state index in [0.29, 0.717) is 17.8 Å². The maximum atomic E-state index is 12.5. The predicted octanol–water partition coefficient (Wildman–Crippen LogP) is 4.24. The zero-order valence-electron chi connectivity index (χ0n) is 18.8. The number of hydrogen-bond acceptors (Lipinski definition) is 7. The van der Waals surface area contributed by atoms with E-state index in [2.05, 4.69) is 23.6 Å². The van der Waals surface area contributed by atoms with Gasteiger partial charge in [-0.05, 0) is 38.5 Å². The van der Waals surface area contributed by atoms with Crippen LogP contribution >= 0.6 is 11.3 Å². The largest absolute Gasteiger partial charge is 0.481 e. The molecule has 0 spiro atoms. The van der Waals surface area contributed by atoms with Crippen molar-refractivity contribution in [1.82, 2.24) is 9.88 Å². The lowest BCUT2D eigenvalue weighted by Crippen LogP contribution is -2.33. The Morgan fingerprint density at radius 1 is 1.19 bits per heavy atom. The van der Waals surface area contributed by atoms with Crippen molar-refractivity contribution in [2.75, 3.05) is 4.72 Å². The van der Waals surface area contributed by atoms with Gasteiger partial charge in [0.2, 0.25) is 0 Å². The van der Waals surface area contributed by atoms with Gasteiger partial charge < -0.3 is 9.84 Å². The number of aliphatic carboxylic acids is 1. The molecule has 1 aliphatic heterocycles. The molecule has 2 heterocycles. The topological polar surface area (TPSA) is 126 Å². The Labute approximate surface area is 192 Å². The predicted molar refractivity (Wildman–Crippen MR) is 122 cm³/mol. The first-order valence-corrected chi connectivity index (χ1v) is 12.4. The van der Waals surface area contributed by atoms with Crippen LogP contribution < -0.4 is 4.72 Å². The fourth-order valence-electron chi connectivity index (χ4n) is 2.67. The number of carbonyl (C=O) groups is 2. The summed E-state index contributed by atoms with van der Waals surface area (Å²) in [6.07, 6.45) is 0.632. The molecule has 1 aromatic carbocycles. The molecular weight excluding hydrogens is 454 g/mol. The van der Waals surface area contributed by atoms with Crippen LogP contribution in [-0.2, 0) is 39.1 Å². The number of benzene rings is 1. The molecule has 0 saturated heterocycles. The van der Waals surface area contributed by atoms with Gasteiger partial charge in [0.1, 0.15) is 5.60 Å². The number of nitrogens with one attached hydrogen (secondary N) is 1. The number of nitrogens with zero attached hydrogens (tertiary/aromatic N) is 2. The van der Waals surface area contributed by atoms with Gasteiger partial charge >= 0.3 is 12.1 Å². The Morgan fingerprint density at radius 3 is 2.28 bits per heavy atom. The van der Waals surface area contributed by atoms with Gasteiger partial charge in [-0.15, -0.1) is 0 Å². The molecule has 0 unspecified atom stereocenters. The van der Waals surface area contributed by atoms with Crippen molar-refractivity contribution in [3.63, 3.8) is 0 Å². The number of carboxylic acids is 1. The van der Waals surface area contributed by atoms with E-state index in [9.17, 15) is 18.0 Å². The number of aromatic nitrogens is 1. The summed E-state index contributed by atoms with van der Waals surface area (Å²) in [4.78, 5) is 29.5. The number of rotatable bonds is 5. The van der Waals surface area contributed by atoms with Crippen LogP contribution in [0.5, 0.6) is 0 Å². The molecule has 1 aliphatic rings. The molecule has 32 heavy (non-hydrogen) atoms. The SMILES string of the molecule is CC(C)(C)OC(=O)N1Cc2nc(NS(=O)(=O)c3ccc(CC(=O)O)cc3)sc2C1.CCC. The van der Waals surface area contributed by atoms with Crippen LogP contribution in [0.25, 0.3) is 0 Å². The normalized spacial score (nSPS) is 13.1. The molecule has 0 fully saturated rings. The second-order valence-electron chi connectivity index (χ2n) is 8.25. The summed E-state index contributed by atoms with van der Waals surface area (Å²) in [6, 6.07) is 5.63. The monoisotopic (exact) mass is 483 g/mol. The molecule has 2 N–H and O–H groups in total. The highest BCUT2D eigenvalue weighted by Gasteiger charge is 2.31. The Bertz CT molecular complexity index is 1030.